The van der Waals surface area contributed by atoms with Gasteiger partial charge in [-0.1, -0.05) is 18.2 Å². The molecule has 1 fully saturated rings. The molecule has 1 amide bonds. The van der Waals surface area contributed by atoms with Gasteiger partial charge in [0, 0.05) is 29.7 Å². The summed E-state index contributed by atoms with van der Waals surface area (Å²) in [6.45, 7) is 1.85. The number of carbonyl (C=O) groups excluding carboxylic acids is 1. The molecule has 1 aromatic heterocycles. The Morgan fingerprint density at radius 3 is 3.06 bits per heavy atom. The summed E-state index contributed by atoms with van der Waals surface area (Å²) in [7, 11) is 0. The fourth-order valence-corrected chi connectivity index (χ4v) is 2.30. The van der Waals surface area contributed by atoms with E-state index in [1.807, 2.05) is 24.3 Å². The van der Waals surface area contributed by atoms with Gasteiger partial charge in [-0.15, -0.1) is 0 Å². The van der Waals surface area contributed by atoms with Crippen LogP contribution in [0.4, 0.5) is 0 Å². The van der Waals surface area contributed by atoms with Gasteiger partial charge in [0.15, 0.2) is 0 Å². The first kappa shape index (κ1) is 10.4. The normalized spacial score (nSPS) is 19.6. The molecule has 3 rings (SSSR count). The van der Waals surface area contributed by atoms with Crippen molar-refractivity contribution >= 4 is 16.8 Å². The van der Waals surface area contributed by atoms with Crippen molar-refractivity contribution in [2.24, 2.45) is 0 Å². The number of hydrogen-bond donors (Lipinski definition) is 3. The number of aromatic amines is 1. The molecular weight excluding hydrogens is 214 g/mol. The molecule has 4 nitrogen and oxygen atoms in total. The topological polar surface area (TPSA) is 56.9 Å². The summed E-state index contributed by atoms with van der Waals surface area (Å²) in [5.74, 6) is 0.0103. The first-order chi connectivity index (χ1) is 8.34. The van der Waals surface area contributed by atoms with Crippen molar-refractivity contribution in [3.05, 3.63) is 36.0 Å². The zero-order valence-electron chi connectivity index (χ0n) is 9.49. The Kier molecular flexibility index (Phi) is 2.57. The number of fused-ring (bicyclic) bond motifs is 1. The Hall–Kier alpha value is -1.81. The van der Waals surface area contributed by atoms with Gasteiger partial charge in [0.2, 0.25) is 0 Å². The molecule has 1 atom stereocenters. The highest BCUT2D eigenvalue weighted by Gasteiger charge is 2.19. The van der Waals surface area contributed by atoms with Crippen LogP contribution in [0.25, 0.3) is 10.9 Å². The molecule has 0 aliphatic carbocycles. The molecule has 2 aromatic rings. The number of para-hydroxylation sites is 1. The SMILES string of the molecule is O=C(N[C@@H]1CCNC1)c1c[nH]c2ccccc12. The first-order valence-electron chi connectivity index (χ1n) is 5.92. The zero-order chi connectivity index (χ0) is 11.7. The monoisotopic (exact) mass is 229 g/mol. The molecule has 1 aromatic carbocycles. The largest absolute Gasteiger partial charge is 0.360 e. The number of hydrogen-bond acceptors (Lipinski definition) is 2. The highest BCUT2D eigenvalue weighted by Crippen LogP contribution is 2.17. The zero-order valence-corrected chi connectivity index (χ0v) is 9.49. The summed E-state index contributed by atoms with van der Waals surface area (Å²) < 4.78 is 0. The summed E-state index contributed by atoms with van der Waals surface area (Å²) in [5.41, 5.74) is 1.73. The fraction of sp³-hybridized carbons (Fsp3) is 0.308. The third-order valence-electron chi connectivity index (χ3n) is 3.23. The quantitative estimate of drug-likeness (QED) is 0.726. The Morgan fingerprint density at radius 2 is 2.24 bits per heavy atom. The van der Waals surface area contributed by atoms with Crippen LogP contribution in [-0.2, 0) is 0 Å². The number of aromatic nitrogens is 1. The Labute approximate surface area is 99.4 Å². The predicted molar refractivity (Wildman–Crippen MR) is 67.0 cm³/mol. The van der Waals surface area contributed by atoms with E-state index in [2.05, 4.69) is 15.6 Å². The van der Waals surface area contributed by atoms with Crippen LogP contribution in [0.15, 0.2) is 30.5 Å². The van der Waals surface area contributed by atoms with Crippen LogP contribution >= 0.6 is 0 Å². The summed E-state index contributed by atoms with van der Waals surface area (Å²) in [6.07, 6.45) is 2.79. The molecule has 4 heteroatoms. The van der Waals surface area contributed by atoms with Crippen LogP contribution in [0.3, 0.4) is 0 Å². The van der Waals surface area contributed by atoms with Crippen LogP contribution in [0.1, 0.15) is 16.8 Å². The van der Waals surface area contributed by atoms with Crippen LogP contribution in [0, 0.1) is 0 Å². The molecule has 0 unspecified atom stereocenters. The van der Waals surface area contributed by atoms with E-state index >= 15 is 0 Å². The Morgan fingerprint density at radius 1 is 1.35 bits per heavy atom. The standard InChI is InChI=1S/C13H15N3O/c17-13(16-9-5-6-14-7-9)11-8-15-12-4-2-1-3-10(11)12/h1-4,8-9,14-15H,5-7H2,(H,16,17)/t9-/m1/s1. The molecular formula is C13H15N3O. The lowest BCUT2D eigenvalue weighted by atomic mass is 10.1. The van der Waals surface area contributed by atoms with E-state index in [9.17, 15) is 4.79 Å². The molecule has 1 aliphatic rings. The summed E-state index contributed by atoms with van der Waals surface area (Å²) in [6, 6.07) is 8.11. The third kappa shape index (κ3) is 1.91. The minimum atomic E-state index is 0.0103. The van der Waals surface area contributed by atoms with Crippen LogP contribution in [0.5, 0.6) is 0 Å². The predicted octanol–water partition coefficient (Wildman–Crippen LogP) is 1.26. The third-order valence-corrected chi connectivity index (χ3v) is 3.23. The maximum atomic E-state index is 12.1. The molecule has 2 heterocycles. The van der Waals surface area contributed by atoms with E-state index in [4.69, 9.17) is 0 Å². The summed E-state index contributed by atoms with van der Waals surface area (Å²) in [4.78, 5) is 15.2. The molecule has 17 heavy (non-hydrogen) atoms. The van der Waals surface area contributed by atoms with E-state index in [1.165, 1.54) is 0 Å². The van der Waals surface area contributed by atoms with Crippen molar-refractivity contribution in [3.8, 4) is 0 Å². The fourth-order valence-electron chi connectivity index (χ4n) is 2.30. The maximum Gasteiger partial charge on any atom is 0.253 e. The molecule has 0 saturated carbocycles. The van der Waals surface area contributed by atoms with Gasteiger partial charge in [-0.25, -0.2) is 0 Å². The van der Waals surface area contributed by atoms with Crippen molar-refractivity contribution in [2.45, 2.75) is 12.5 Å². The van der Waals surface area contributed by atoms with E-state index in [1.54, 1.807) is 6.20 Å². The van der Waals surface area contributed by atoms with Crippen molar-refractivity contribution in [2.75, 3.05) is 13.1 Å². The van der Waals surface area contributed by atoms with Gasteiger partial charge in [0.25, 0.3) is 5.91 Å². The lowest BCUT2D eigenvalue weighted by Gasteiger charge is -2.10. The van der Waals surface area contributed by atoms with Crippen LogP contribution < -0.4 is 10.6 Å². The van der Waals surface area contributed by atoms with Gasteiger partial charge >= 0.3 is 0 Å². The minimum absolute atomic E-state index is 0.0103. The summed E-state index contributed by atoms with van der Waals surface area (Å²) >= 11 is 0. The molecule has 1 saturated heterocycles. The number of rotatable bonds is 2. The maximum absolute atomic E-state index is 12.1. The first-order valence-corrected chi connectivity index (χ1v) is 5.92. The molecule has 3 N–H and O–H groups in total. The van der Waals surface area contributed by atoms with Gasteiger partial charge in [0.1, 0.15) is 0 Å². The van der Waals surface area contributed by atoms with Crippen molar-refractivity contribution in [1.29, 1.82) is 0 Å². The number of nitrogens with one attached hydrogen (secondary N) is 3. The number of carbonyl (C=O) groups is 1. The van der Waals surface area contributed by atoms with E-state index in [0.29, 0.717) is 0 Å². The van der Waals surface area contributed by atoms with Gasteiger partial charge < -0.3 is 15.6 Å². The Balaban J connectivity index is 1.85. The van der Waals surface area contributed by atoms with Crippen LogP contribution in [-0.4, -0.2) is 30.0 Å². The van der Waals surface area contributed by atoms with E-state index in [0.717, 1.165) is 36.0 Å². The van der Waals surface area contributed by atoms with Gasteiger partial charge in [0.05, 0.1) is 5.56 Å². The van der Waals surface area contributed by atoms with Gasteiger partial charge in [-0.3, -0.25) is 4.79 Å². The second-order valence-electron chi connectivity index (χ2n) is 4.41. The van der Waals surface area contributed by atoms with Crippen LogP contribution in [0.2, 0.25) is 0 Å². The van der Waals surface area contributed by atoms with Gasteiger partial charge in [-0.2, -0.15) is 0 Å². The highest BCUT2D eigenvalue weighted by molar-refractivity contribution is 6.06. The number of amides is 1. The van der Waals surface area contributed by atoms with Crippen molar-refractivity contribution in [1.82, 2.24) is 15.6 Å². The molecule has 88 valence electrons. The average molecular weight is 229 g/mol. The van der Waals surface area contributed by atoms with E-state index in [-0.39, 0.29) is 11.9 Å². The average Bonchev–Trinajstić information content (AvgIpc) is 2.96. The number of benzene rings is 1. The summed E-state index contributed by atoms with van der Waals surface area (Å²) in [5, 5.41) is 7.27. The minimum Gasteiger partial charge on any atom is -0.360 e. The molecule has 0 bridgehead atoms. The van der Waals surface area contributed by atoms with Crippen molar-refractivity contribution in [3.63, 3.8) is 0 Å². The highest BCUT2D eigenvalue weighted by atomic mass is 16.1. The Bertz CT molecular complexity index is 540. The lowest BCUT2D eigenvalue weighted by molar-refractivity contribution is 0.0942. The molecule has 0 spiro atoms. The second-order valence-corrected chi connectivity index (χ2v) is 4.41. The second kappa shape index (κ2) is 4.22. The number of H-pyrrole nitrogens is 1. The molecule has 0 radical (unpaired) electrons. The van der Waals surface area contributed by atoms with E-state index < -0.39 is 0 Å². The molecule has 1 aliphatic heterocycles. The van der Waals surface area contributed by atoms with Crippen molar-refractivity contribution < 1.29 is 4.79 Å². The van der Waals surface area contributed by atoms with Gasteiger partial charge in [-0.05, 0) is 19.0 Å². The smallest absolute Gasteiger partial charge is 0.253 e. The lowest BCUT2D eigenvalue weighted by Crippen LogP contribution is -2.36.